The molecule has 2 fully saturated rings. The van der Waals surface area contributed by atoms with Gasteiger partial charge in [0.05, 0.1) is 21.7 Å². The van der Waals surface area contributed by atoms with Crippen molar-refractivity contribution in [3.63, 3.8) is 0 Å². The average Bonchev–Trinajstić information content (AvgIpc) is 3.74. The fraction of sp³-hybridized carbons (Fsp3) is 0.269. The molecule has 0 spiro atoms. The van der Waals surface area contributed by atoms with Crippen LogP contribution in [0.3, 0.4) is 0 Å². The van der Waals surface area contributed by atoms with Gasteiger partial charge in [-0.2, -0.15) is 9.57 Å². The Labute approximate surface area is 203 Å². The number of piperazine rings is 1. The van der Waals surface area contributed by atoms with Crippen LogP contribution in [0.4, 0.5) is 5.69 Å². The molecule has 0 unspecified atom stereocenters. The standard InChI is InChI=1S/C26H24N4O4S/c27-17-21-7-3-4-8-24(21)35(33,34)30-13-11-29(12-14-30)26(32)22-15-19-5-1-2-6-20(19)16-23(22)28-25(31)18-9-10-18/h1-8,15-16,18H,9-14H2,(H,28,31). The number of sulfonamides is 1. The van der Waals surface area contributed by atoms with Crippen molar-refractivity contribution < 1.29 is 18.0 Å². The number of hydrogen-bond acceptors (Lipinski definition) is 5. The maximum atomic E-state index is 13.5. The van der Waals surface area contributed by atoms with Crippen LogP contribution in [0, 0.1) is 17.2 Å². The van der Waals surface area contributed by atoms with Crippen LogP contribution < -0.4 is 5.32 Å². The number of rotatable bonds is 5. The zero-order valence-corrected chi connectivity index (χ0v) is 19.8. The SMILES string of the molecule is N#Cc1ccccc1S(=O)(=O)N1CCN(C(=O)c2cc3ccccc3cc2NC(=O)C2CC2)CC1. The number of carbonyl (C=O) groups is 2. The van der Waals surface area contributed by atoms with Crippen LogP contribution in [-0.2, 0) is 14.8 Å². The van der Waals surface area contributed by atoms with E-state index in [9.17, 15) is 23.3 Å². The first kappa shape index (κ1) is 23.0. The highest BCUT2D eigenvalue weighted by Gasteiger charge is 2.34. The van der Waals surface area contributed by atoms with Crippen molar-refractivity contribution in [2.45, 2.75) is 17.7 Å². The van der Waals surface area contributed by atoms with Crippen molar-refractivity contribution in [1.82, 2.24) is 9.21 Å². The minimum Gasteiger partial charge on any atom is -0.336 e. The monoisotopic (exact) mass is 488 g/mol. The van der Waals surface area contributed by atoms with Gasteiger partial charge in [-0.25, -0.2) is 8.42 Å². The third-order valence-corrected chi connectivity index (χ3v) is 8.43. The van der Waals surface area contributed by atoms with Crippen LogP contribution in [0.15, 0.2) is 65.6 Å². The lowest BCUT2D eigenvalue weighted by molar-refractivity contribution is -0.117. The first-order valence-corrected chi connectivity index (χ1v) is 12.9. The molecular weight excluding hydrogens is 464 g/mol. The Morgan fingerprint density at radius 3 is 2.20 bits per heavy atom. The van der Waals surface area contributed by atoms with Gasteiger partial charge in [-0.05, 0) is 47.9 Å². The fourth-order valence-electron chi connectivity index (χ4n) is 4.33. The highest BCUT2D eigenvalue weighted by atomic mass is 32.2. The van der Waals surface area contributed by atoms with Crippen LogP contribution in [0.25, 0.3) is 10.8 Å². The predicted molar refractivity (Wildman–Crippen MR) is 131 cm³/mol. The van der Waals surface area contributed by atoms with Gasteiger partial charge < -0.3 is 10.2 Å². The third-order valence-electron chi connectivity index (χ3n) is 6.47. The number of amides is 2. The molecule has 0 atom stereocenters. The Bertz CT molecular complexity index is 1470. The lowest BCUT2D eigenvalue weighted by atomic mass is 10.0. The summed E-state index contributed by atoms with van der Waals surface area (Å²) in [5, 5.41) is 14.0. The molecule has 178 valence electrons. The Balaban J connectivity index is 1.37. The molecular formula is C26H24N4O4S. The summed E-state index contributed by atoms with van der Waals surface area (Å²) in [6, 6.07) is 19.3. The van der Waals surface area contributed by atoms with Gasteiger partial charge in [0.2, 0.25) is 15.9 Å². The second kappa shape index (κ2) is 9.13. The van der Waals surface area contributed by atoms with E-state index in [1.165, 1.54) is 16.4 Å². The zero-order chi connectivity index (χ0) is 24.6. The predicted octanol–water partition coefficient (Wildman–Crippen LogP) is 3.21. The Morgan fingerprint density at radius 1 is 0.914 bits per heavy atom. The summed E-state index contributed by atoms with van der Waals surface area (Å²) in [6.07, 6.45) is 1.71. The van der Waals surface area contributed by atoms with E-state index in [1.807, 2.05) is 36.4 Å². The summed E-state index contributed by atoms with van der Waals surface area (Å²) in [5.41, 5.74) is 0.964. The van der Waals surface area contributed by atoms with Crippen LogP contribution in [0.5, 0.6) is 0 Å². The number of carbonyl (C=O) groups excluding carboxylic acids is 2. The number of nitriles is 1. The first-order chi connectivity index (χ1) is 16.9. The average molecular weight is 489 g/mol. The van der Waals surface area contributed by atoms with Crippen LogP contribution in [0.2, 0.25) is 0 Å². The molecule has 1 aliphatic heterocycles. The van der Waals surface area contributed by atoms with Crippen molar-refractivity contribution >= 4 is 38.3 Å². The number of nitrogens with zero attached hydrogens (tertiary/aromatic N) is 3. The minimum absolute atomic E-state index is 0.00513. The molecule has 1 N–H and O–H groups in total. The number of anilines is 1. The number of fused-ring (bicyclic) bond motifs is 1. The largest absolute Gasteiger partial charge is 0.336 e. The molecule has 1 saturated heterocycles. The van der Waals surface area contributed by atoms with Gasteiger partial charge in [-0.1, -0.05) is 36.4 Å². The quantitative estimate of drug-likeness (QED) is 0.593. The number of hydrogen-bond donors (Lipinski definition) is 1. The van der Waals surface area contributed by atoms with Gasteiger partial charge >= 0.3 is 0 Å². The van der Waals surface area contributed by atoms with Crippen molar-refractivity contribution in [1.29, 1.82) is 5.26 Å². The maximum Gasteiger partial charge on any atom is 0.256 e. The van der Waals surface area contributed by atoms with E-state index in [0.717, 1.165) is 23.6 Å². The van der Waals surface area contributed by atoms with E-state index in [0.29, 0.717) is 11.3 Å². The van der Waals surface area contributed by atoms with Crippen molar-refractivity contribution in [2.24, 2.45) is 5.92 Å². The van der Waals surface area contributed by atoms with Gasteiger partial charge in [-0.3, -0.25) is 9.59 Å². The molecule has 2 aliphatic rings. The third kappa shape index (κ3) is 4.50. The second-order valence-corrected chi connectivity index (χ2v) is 10.7. The molecule has 3 aromatic rings. The van der Waals surface area contributed by atoms with Gasteiger partial charge in [0.1, 0.15) is 6.07 Å². The van der Waals surface area contributed by atoms with Crippen LogP contribution in [-0.4, -0.2) is 55.6 Å². The molecule has 1 saturated carbocycles. The van der Waals surface area contributed by atoms with E-state index < -0.39 is 10.0 Å². The van der Waals surface area contributed by atoms with Crippen LogP contribution in [0.1, 0.15) is 28.8 Å². The lowest BCUT2D eigenvalue weighted by Gasteiger charge is -2.34. The first-order valence-electron chi connectivity index (χ1n) is 11.5. The molecule has 1 heterocycles. The van der Waals surface area contributed by atoms with Crippen molar-refractivity contribution in [2.75, 3.05) is 31.5 Å². The molecule has 1 aliphatic carbocycles. The summed E-state index contributed by atoms with van der Waals surface area (Å²) >= 11 is 0. The number of nitrogens with one attached hydrogen (secondary N) is 1. The Morgan fingerprint density at radius 2 is 1.54 bits per heavy atom. The van der Waals surface area contributed by atoms with Crippen molar-refractivity contribution in [3.05, 3.63) is 71.8 Å². The summed E-state index contributed by atoms with van der Waals surface area (Å²) in [5.74, 6) is -0.341. The minimum atomic E-state index is -3.86. The van der Waals surface area contributed by atoms with E-state index in [2.05, 4.69) is 5.32 Å². The van der Waals surface area contributed by atoms with E-state index in [-0.39, 0.29) is 54.4 Å². The van der Waals surface area contributed by atoms with E-state index in [4.69, 9.17) is 0 Å². The second-order valence-electron chi connectivity index (χ2n) is 8.81. The van der Waals surface area contributed by atoms with Crippen LogP contribution >= 0.6 is 0 Å². The summed E-state index contributed by atoms with van der Waals surface area (Å²) < 4.78 is 27.6. The Kier molecular flexibility index (Phi) is 6.01. The van der Waals surface area contributed by atoms with E-state index in [1.54, 1.807) is 23.1 Å². The fourth-order valence-corrected chi connectivity index (χ4v) is 5.89. The van der Waals surface area contributed by atoms with Gasteiger partial charge in [0.15, 0.2) is 0 Å². The van der Waals surface area contributed by atoms with Gasteiger partial charge in [-0.15, -0.1) is 0 Å². The lowest BCUT2D eigenvalue weighted by Crippen LogP contribution is -2.50. The Hall–Kier alpha value is -3.74. The van der Waals surface area contributed by atoms with Crippen molar-refractivity contribution in [3.8, 4) is 6.07 Å². The smallest absolute Gasteiger partial charge is 0.256 e. The van der Waals surface area contributed by atoms with E-state index >= 15 is 0 Å². The zero-order valence-electron chi connectivity index (χ0n) is 19.0. The summed E-state index contributed by atoms with van der Waals surface area (Å²) in [7, 11) is -3.86. The molecule has 0 bridgehead atoms. The molecule has 0 radical (unpaired) electrons. The molecule has 3 aromatic carbocycles. The molecule has 8 nitrogen and oxygen atoms in total. The highest BCUT2D eigenvalue weighted by molar-refractivity contribution is 7.89. The normalized spacial score (nSPS) is 16.6. The highest BCUT2D eigenvalue weighted by Crippen LogP contribution is 2.32. The van der Waals surface area contributed by atoms with Gasteiger partial charge in [0.25, 0.3) is 5.91 Å². The molecule has 0 aromatic heterocycles. The summed E-state index contributed by atoms with van der Waals surface area (Å²) in [4.78, 5) is 27.6. The molecule has 5 rings (SSSR count). The topological polar surface area (TPSA) is 111 Å². The van der Waals surface area contributed by atoms with Gasteiger partial charge in [0, 0.05) is 32.1 Å². The molecule has 35 heavy (non-hydrogen) atoms. The number of benzene rings is 3. The maximum absolute atomic E-state index is 13.5. The molecule has 9 heteroatoms. The molecule has 2 amide bonds. The summed E-state index contributed by atoms with van der Waals surface area (Å²) in [6.45, 7) is 0.640.